The van der Waals surface area contributed by atoms with Gasteiger partial charge in [0.15, 0.2) is 0 Å². The first-order valence-electron chi connectivity index (χ1n) is 7.77. The molecule has 116 valence electrons. The summed E-state index contributed by atoms with van der Waals surface area (Å²) in [4.78, 5) is 13.8. The van der Waals surface area contributed by atoms with Gasteiger partial charge in [0.05, 0.1) is 17.9 Å². The fourth-order valence-corrected chi connectivity index (χ4v) is 3.22. The molecule has 1 saturated carbocycles. The van der Waals surface area contributed by atoms with Crippen molar-refractivity contribution in [3.8, 4) is 5.69 Å². The molecular weight excluding hydrogens is 306 g/mol. The Morgan fingerprint density at radius 3 is 2.74 bits per heavy atom. The third kappa shape index (κ3) is 3.05. The number of amides is 1. The second kappa shape index (κ2) is 6.01. The van der Waals surface area contributed by atoms with E-state index in [1.165, 1.54) is 12.8 Å². The monoisotopic (exact) mass is 323 g/mol. The average molecular weight is 323 g/mol. The molecule has 2 heterocycles. The Labute approximate surface area is 138 Å². The summed E-state index contributed by atoms with van der Waals surface area (Å²) < 4.78 is 1.76. The summed E-state index contributed by atoms with van der Waals surface area (Å²) in [6.07, 6.45) is 2.34. The van der Waals surface area contributed by atoms with Crippen LogP contribution in [-0.2, 0) is 6.54 Å². The summed E-state index contributed by atoms with van der Waals surface area (Å²) in [6.45, 7) is 0.551. The zero-order valence-corrected chi connectivity index (χ0v) is 13.4. The minimum atomic E-state index is -0.0818. The van der Waals surface area contributed by atoms with E-state index in [4.69, 9.17) is 0 Å². The molecule has 0 aliphatic heterocycles. The normalized spacial score (nSPS) is 13.9. The molecule has 23 heavy (non-hydrogen) atoms. The Hall–Kier alpha value is -2.40. The standard InChI is InChI=1S/C18H17N3OS/c22-18(19-12-15-7-4-10-23-15)17-11-16(13-8-9-13)20-21(17)14-5-2-1-3-6-14/h1-7,10-11,13H,8-9,12H2,(H,19,22). The number of para-hydroxylation sites is 1. The summed E-state index contributed by atoms with van der Waals surface area (Å²) in [5.74, 6) is 0.436. The quantitative estimate of drug-likeness (QED) is 0.777. The number of hydrogen-bond acceptors (Lipinski definition) is 3. The van der Waals surface area contributed by atoms with Crippen LogP contribution in [0.15, 0.2) is 53.9 Å². The van der Waals surface area contributed by atoms with Crippen LogP contribution in [0.1, 0.15) is 39.8 Å². The maximum atomic E-state index is 12.6. The van der Waals surface area contributed by atoms with Crippen LogP contribution < -0.4 is 5.32 Å². The van der Waals surface area contributed by atoms with E-state index in [-0.39, 0.29) is 5.91 Å². The zero-order valence-electron chi connectivity index (χ0n) is 12.6. The van der Waals surface area contributed by atoms with E-state index < -0.39 is 0 Å². The largest absolute Gasteiger partial charge is 0.346 e. The molecule has 0 bridgehead atoms. The Bertz CT molecular complexity index is 804. The molecule has 0 radical (unpaired) electrons. The summed E-state index contributed by atoms with van der Waals surface area (Å²) in [5.41, 5.74) is 2.55. The van der Waals surface area contributed by atoms with Crippen molar-refractivity contribution >= 4 is 17.2 Å². The number of carbonyl (C=O) groups excluding carboxylic acids is 1. The highest BCUT2D eigenvalue weighted by Gasteiger charge is 2.29. The van der Waals surface area contributed by atoms with Gasteiger partial charge < -0.3 is 5.32 Å². The summed E-state index contributed by atoms with van der Waals surface area (Å²) in [6, 6.07) is 15.8. The Kier molecular flexibility index (Phi) is 3.71. The van der Waals surface area contributed by atoms with Crippen molar-refractivity contribution in [3.05, 3.63) is 70.2 Å². The third-order valence-corrected chi connectivity index (χ3v) is 4.84. The van der Waals surface area contributed by atoms with Crippen LogP contribution in [0, 0.1) is 0 Å². The molecular formula is C18H17N3OS. The van der Waals surface area contributed by atoms with Gasteiger partial charge in [-0.15, -0.1) is 11.3 Å². The lowest BCUT2D eigenvalue weighted by Gasteiger charge is -2.07. The maximum Gasteiger partial charge on any atom is 0.270 e. The summed E-state index contributed by atoms with van der Waals surface area (Å²) in [7, 11) is 0. The van der Waals surface area contributed by atoms with Crippen molar-refractivity contribution in [2.45, 2.75) is 25.3 Å². The molecule has 1 aromatic carbocycles. The molecule has 0 unspecified atom stereocenters. The van der Waals surface area contributed by atoms with Crippen LogP contribution in [0.25, 0.3) is 5.69 Å². The van der Waals surface area contributed by atoms with E-state index in [0.717, 1.165) is 16.3 Å². The van der Waals surface area contributed by atoms with Crippen molar-refractivity contribution < 1.29 is 4.79 Å². The van der Waals surface area contributed by atoms with Crippen molar-refractivity contribution in [1.82, 2.24) is 15.1 Å². The zero-order chi connectivity index (χ0) is 15.6. The molecule has 3 aromatic rings. The van der Waals surface area contributed by atoms with Gasteiger partial charge in [-0.1, -0.05) is 24.3 Å². The molecule has 1 amide bonds. The van der Waals surface area contributed by atoms with Gasteiger partial charge in [-0.2, -0.15) is 5.10 Å². The van der Waals surface area contributed by atoms with Gasteiger partial charge in [0.1, 0.15) is 5.69 Å². The van der Waals surface area contributed by atoms with Crippen LogP contribution in [0.2, 0.25) is 0 Å². The summed E-state index contributed by atoms with van der Waals surface area (Å²) in [5, 5.41) is 9.68. The number of thiophene rings is 1. The fourth-order valence-electron chi connectivity index (χ4n) is 2.58. The van der Waals surface area contributed by atoms with E-state index in [0.29, 0.717) is 18.2 Å². The molecule has 4 nitrogen and oxygen atoms in total. The van der Waals surface area contributed by atoms with Crippen molar-refractivity contribution in [3.63, 3.8) is 0 Å². The second-order valence-corrected chi connectivity index (χ2v) is 6.77. The third-order valence-electron chi connectivity index (χ3n) is 3.96. The SMILES string of the molecule is O=C(NCc1cccs1)c1cc(C2CC2)nn1-c1ccccc1. The topological polar surface area (TPSA) is 46.9 Å². The van der Waals surface area contributed by atoms with E-state index >= 15 is 0 Å². The van der Waals surface area contributed by atoms with Crippen molar-refractivity contribution in [1.29, 1.82) is 0 Å². The van der Waals surface area contributed by atoms with Gasteiger partial charge in [0.2, 0.25) is 0 Å². The Balaban J connectivity index is 1.62. The lowest BCUT2D eigenvalue weighted by molar-refractivity contribution is 0.0943. The average Bonchev–Trinajstić information content (AvgIpc) is 3.13. The number of rotatable bonds is 5. The summed E-state index contributed by atoms with van der Waals surface area (Å²) >= 11 is 1.64. The lowest BCUT2D eigenvalue weighted by atomic mass is 10.2. The molecule has 1 fully saturated rings. The maximum absolute atomic E-state index is 12.6. The predicted octanol–water partition coefficient (Wildman–Crippen LogP) is 3.74. The molecule has 0 atom stereocenters. The highest BCUT2D eigenvalue weighted by Crippen LogP contribution is 2.39. The fraction of sp³-hybridized carbons (Fsp3) is 0.222. The molecule has 0 saturated heterocycles. The van der Waals surface area contributed by atoms with Gasteiger partial charge in [-0.3, -0.25) is 4.79 Å². The van der Waals surface area contributed by atoms with Crippen molar-refractivity contribution in [2.24, 2.45) is 0 Å². The molecule has 5 heteroatoms. The van der Waals surface area contributed by atoms with Crippen molar-refractivity contribution in [2.75, 3.05) is 0 Å². The van der Waals surface area contributed by atoms with Gasteiger partial charge in [0.25, 0.3) is 5.91 Å². The Morgan fingerprint density at radius 1 is 1.22 bits per heavy atom. The molecule has 0 spiro atoms. The first-order valence-corrected chi connectivity index (χ1v) is 8.65. The number of aromatic nitrogens is 2. The molecule has 1 aliphatic rings. The van der Waals surface area contributed by atoms with Gasteiger partial charge in [-0.05, 0) is 42.5 Å². The second-order valence-electron chi connectivity index (χ2n) is 5.74. The van der Waals surface area contributed by atoms with Crippen LogP contribution in [0.3, 0.4) is 0 Å². The number of hydrogen-bond donors (Lipinski definition) is 1. The van der Waals surface area contributed by atoms with Crippen LogP contribution >= 0.6 is 11.3 Å². The van der Waals surface area contributed by atoms with E-state index in [1.807, 2.05) is 53.9 Å². The van der Waals surface area contributed by atoms with Crippen LogP contribution in [0.5, 0.6) is 0 Å². The van der Waals surface area contributed by atoms with E-state index in [1.54, 1.807) is 16.0 Å². The van der Waals surface area contributed by atoms with Gasteiger partial charge >= 0.3 is 0 Å². The number of benzene rings is 1. The molecule has 2 aromatic heterocycles. The first-order chi connectivity index (χ1) is 11.3. The highest BCUT2D eigenvalue weighted by molar-refractivity contribution is 7.09. The molecule has 4 rings (SSSR count). The Morgan fingerprint density at radius 2 is 2.04 bits per heavy atom. The van der Waals surface area contributed by atoms with Gasteiger partial charge in [0, 0.05) is 10.8 Å². The predicted molar refractivity (Wildman–Crippen MR) is 91.0 cm³/mol. The van der Waals surface area contributed by atoms with E-state index in [2.05, 4.69) is 10.4 Å². The highest BCUT2D eigenvalue weighted by atomic mass is 32.1. The minimum Gasteiger partial charge on any atom is -0.346 e. The number of nitrogens with one attached hydrogen (secondary N) is 1. The van der Waals surface area contributed by atoms with Crippen LogP contribution in [0.4, 0.5) is 0 Å². The molecule has 1 N–H and O–H groups in total. The minimum absolute atomic E-state index is 0.0818. The van der Waals surface area contributed by atoms with Gasteiger partial charge in [-0.25, -0.2) is 4.68 Å². The first kappa shape index (κ1) is 14.2. The molecule has 1 aliphatic carbocycles. The number of nitrogens with zero attached hydrogens (tertiary/aromatic N) is 2. The number of carbonyl (C=O) groups is 1. The van der Waals surface area contributed by atoms with Crippen LogP contribution in [-0.4, -0.2) is 15.7 Å². The van der Waals surface area contributed by atoms with E-state index in [9.17, 15) is 4.79 Å². The smallest absolute Gasteiger partial charge is 0.270 e. The lowest BCUT2D eigenvalue weighted by Crippen LogP contribution is -2.25.